The van der Waals surface area contributed by atoms with Gasteiger partial charge in [0.05, 0.1) is 0 Å². The Hall–Kier alpha value is -0.780. The van der Waals surface area contributed by atoms with Crippen LogP contribution in [0.25, 0.3) is 0 Å². The molecule has 0 unspecified atom stereocenters. The van der Waals surface area contributed by atoms with Gasteiger partial charge in [-0.2, -0.15) is 0 Å². The zero-order chi connectivity index (χ0) is 9.15. The largest absolute Gasteiger partial charge is 0.0654 e. The zero-order valence-corrected chi connectivity index (χ0v) is 8.42. The summed E-state index contributed by atoms with van der Waals surface area (Å²) in [6, 6.07) is 11.0. The summed E-state index contributed by atoms with van der Waals surface area (Å²) in [6.45, 7) is 2.28. The van der Waals surface area contributed by atoms with Crippen molar-refractivity contribution in [3.05, 3.63) is 35.9 Å². The van der Waals surface area contributed by atoms with E-state index in [1.54, 1.807) is 5.56 Å². The lowest BCUT2D eigenvalue weighted by Gasteiger charge is -2.14. The molecule has 0 amide bonds. The fourth-order valence-corrected chi connectivity index (χ4v) is 2.14. The van der Waals surface area contributed by atoms with Crippen LogP contribution in [0.3, 0.4) is 0 Å². The van der Waals surface area contributed by atoms with E-state index in [4.69, 9.17) is 0 Å². The fraction of sp³-hybridized carbons (Fsp3) is 0.538. The van der Waals surface area contributed by atoms with Crippen molar-refractivity contribution < 1.29 is 0 Å². The van der Waals surface area contributed by atoms with Crippen LogP contribution in [0.5, 0.6) is 0 Å². The van der Waals surface area contributed by atoms with Crippen molar-refractivity contribution >= 4 is 0 Å². The summed E-state index contributed by atoms with van der Waals surface area (Å²) in [5, 5.41) is 0. The predicted molar refractivity (Wildman–Crippen MR) is 56.9 cm³/mol. The average molecular weight is 174 g/mol. The number of benzene rings is 1. The van der Waals surface area contributed by atoms with Gasteiger partial charge in [-0.3, -0.25) is 0 Å². The first kappa shape index (κ1) is 8.80. The van der Waals surface area contributed by atoms with Gasteiger partial charge in [-0.15, -0.1) is 0 Å². The summed E-state index contributed by atoms with van der Waals surface area (Å²) in [4.78, 5) is 0. The quantitative estimate of drug-likeness (QED) is 0.649. The predicted octanol–water partition coefficient (Wildman–Crippen LogP) is 3.91. The first-order valence-electron chi connectivity index (χ1n) is 5.43. The van der Waals surface area contributed by atoms with Gasteiger partial charge >= 0.3 is 0 Å². The maximum absolute atomic E-state index is 2.29. The Bertz CT molecular complexity index is 257. The van der Waals surface area contributed by atoms with E-state index in [9.17, 15) is 0 Å². The molecule has 0 aliphatic heterocycles. The highest BCUT2D eigenvalue weighted by Crippen LogP contribution is 2.51. The third-order valence-corrected chi connectivity index (χ3v) is 3.25. The Balaban J connectivity index is 2.07. The molecule has 1 aliphatic carbocycles. The fourth-order valence-electron chi connectivity index (χ4n) is 2.14. The van der Waals surface area contributed by atoms with Crippen molar-refractivity contribution in [2.24, 2.45) is 0 Å². The highest BCUT2D eigenvalue weighted by atomic mass is 14.5. The van der Waals surface area contributed by atoms with Crippen LogP contribution in [-0.4, -0.2) is 0 Å². The molecule has 13 heavy (non-hydrogen) atoms. The van der Waals surface area contributed by atoms with Crippen LogP contribution < -0.4 is 0 Å². The Labute approximate surface area is 81.0 Å². The van der Waals surface area contributed by atoms with Gasteiger partial charge < -0.3 is 0 Å². The molecule has 70 valence electrons. The summed E-state index contributed by atoms with van der Waals surface area (Å²) in [5.41, 5.74) is 2.17. The Kier molecular flexibility index (Phi) is 2.39. The molecule has 0 saturated heterocycles. The van der Waals surface area contributed by atoms with Crippen LogP contribution >= 0.6 is 0 Å². The summed E-state index contributed by atoms with van der Waals surface area (Å²) in [6.07, 6.45) is 6.94. The van der Waals surface area contributed by atoms with Crippen LogP contribution in [0.2, 0.25) is 0 Å². The van der Waals surface area contributed by atoms with E-state index in [1.165, 1.54) is 32.1 Å². The molecule has 0 heteroatoms. The van der Waals surface area contributed by atoms with Gasteiger partial charge in [-0.25, -0.2) is 0 Å². The standard InChI is InChI=1S/C13H18/c1-2-3-9-13(10-11-13)12-7-5-4-6-8-12/h4-8H,2-3,9-11H2,1H3. The Morgan fingerprint density at radius 1 is 1.15 bits per heavy atom. The van der Waals surface area contributed by atoms with Crippen molar-refractivity contribution in [2.45, 2.75) is 44.4 Å². The lowest BCUT2D eigenvalue weighted by atomic mass is 9.91. The molecule has 0 N–H and O–H groups in total. The number of hydrogen-bond donors (Lipinski definition) is 0. The molecule has 0 bridgehead atoms. The van der Waals surface area contributed by atoms with Crippen molar-refractivity contribution in [3.63, 3.8) is 0 Å². The average Bonchev–Trinajstić information content (AvgIpc) is 2.97. The van der Waals surface area contributed by atoms with Gasteiger partial charge in [0.1, 0.15) is 0 Å². The zero-order valence-electron chi connectivity index (χ0n) is 8.42. The van der Waals surface area contributed by atoms with Crippen LogP contribution in [-0.2, 0) is 5.41 Å². The van der Waals surface area contributed by atoms with Crippen LogP contribution in [0.4, 0.5) is 0 Å². The molecular formula is C13H18. The summed E-state index contributed by atoms with van der Waals surface area (Å²) in [7, 11) is 0. The first-order valence-corrected chi connectivity index (χ1v) is 5.43. The maximum Gasteiger partial charge on any atom is -0.00463 e. The summed E-state index contributed by atoms with van der Waals surface area (Å²) >= 11 is 0. The highest BCUT2D eigenvalue weighted by Gasteiger charge is 2.42. The lowest BCUT2D eigenvalue weighted by molar-refractivity contribution is 0.575. The smallest absolute Gasteiger partial charge is 0.00463 e. The molecule has 0 aromatic heterocycles. The molecule has 1 fully saturated rings. The minimum absolute atomic E-state index is 0.595. The molecule has 1 saturated carbocycles. The summed E-state index contributed by atoms with van der Waals surface area (Å²) in [5.74, 6) is 0. The van der Waals surface area contributed by atoms with E-state index in [1.807, 2.05) is 0 Å². The van der Waals surface area contributed by atoms with Crippen molar-refractivity contribution in [1.82, 2.24) is 0 Å². The Morgan fingerprint density at radius 2 is 1.85 bits per heavy atom. The lowest BCUT2D eigenvalue weighted by Crippen LogP contribution is -2.05. The number of hydrogen-bond acceptors (Lipinski definition) is 0. The van der Waals surface area contributed by atoms with E-state index in [0.717, 1.165) is 0 Å². The van der Waals surface area contributed by atoms with Crippen LogP contribution in [0.1, 0.15) is 44.6 Å². The van der Waals surface area contributed by atoms with Gasteiger partial charge in [-0.05, 0) is 30.2 Å². The van der Waals surface area contributed by atoms with Gasteiger partial charge in [0.15, 0.2) is 0 Å². The van der Waals surface area contributed by atoms with E-state index in [0.29, 0.717) is 5.41 Å². The molecule has 0 nitrogen and oxygen atoms in total. The molecule has 1 aromatic rings. The summed E-state index contributed by atoms with van der Waals surface area (Å²) < 4.78 is 0. The highest BCUT2D eigenvalue weighted by molar-refractivity contribution is 5.30. The van der Waals surface area contributed by atoms with E-state index < -0.39 is 0 Å². The molecule has 1 aromatic carbocycles. The monoisotopic (exact) mass is 174 g/mol. The second kappa shape index (κ2) is 3.53. The molecule has 1 aliphatic rings. The molecular weight excluding hydrogens is 156 g/mol. The molecule has 0 heterocycles. The molecule has 0 spiro atoms. The second-order valence-electron chi connectivity index (χ2n) is 4.25. The SMILES string of the molecule is CCCCC1(c2ccccc2)CC1. The Morgan fingerprint density at radius 3 is 2.38 bits per heavy atom. The molecule has 0 atom stereocenters. The second-order valence-corrected chi connectivity index (χ2v) is 4.25. The van der Waals surface area contributed by atoms with E-state index in [-0.39, 0.29) is 0 Å². The minimum Gasteiger partial charge on any atom is -0.0654 e. The van der Waals surface area contributed by atoms with Crippen molar-refractivity contribution in [1.29, 1.82) is 0 Å². The first-order chi connectivity index (χ1) is 6.37. The van der Waals surface area contributed by atoms with Gasteiger partial charge in [0, 0.05) is 0 Å². The van der Waals surface area contributed by atoms with Crippen LogP contribution in [0.15, 0.2) is 30.3 Å². The molecule has 0 radical (unpaired) electrons. The normalized spacial score (nSPS) is 18.5. The van der Waals surface area contributed by atoms with E-state index >= 15 is 0 Å². The van der Waals surface area contributed by atoms with Gasteiger partial charge in [-0.1, -0.05) is 50.1 Å². The van der Waals surface area contributed by atoms with Gasteiger partial charge in [0.25, 0.3) is 0 Å². The number of unbranched alkanes of at least 4 members (excludes halogenated alkanes) is 1. The third-order valence-electron chi connectivity index (χ3n) is 3.25. The third kappa shape index (κ3) is 1.77. The number of rotatable bonds is 4. The minimum atomic E-state index is 0.595. The van der Waals surface area contributed by atoms with Crippen molar-refractivity contribution in [3.8, 4) is 0 Å². The van der Waals surface area contributed by atoms with Gasteiger partial charge in [0.2, 0.25) is 0 Å². The topological polar surface area (TPSA) is 0 Å². The maximum atomic E-state index is 2.29. The van der Waals surface area contributed by atoms with Crippen molar-refractivity contribution in [2.75, 3.05) is 0 Å². The molecule has 2 rings (SSSR count). The van der Waals surface area contributed by atoms with Crippen LogP contribution in [0, 0.1) is 0 Å². The van der Waals surface area contributed by atoms with E-state index in [2.05, 4.69) is 37.3 Å².